The molecule has 0 fully saturated rings. The van der Waals surface area contributed by atoms with E-state index in [1.54, 1.807) is 0 Å². The predicted molar refractivity (Wildman–Crippen MR) is 81.8 cm³/mol. The molecule has 0 unspecified atom stereocenters. The molecule has 6 heteroatoms. The SMILES string of the molecule is O=C(CCCBr)OCCCCCOC(=O)CCCBr. The van der Waals surface area contributed by atoms with Crippen molar-refractivity contribution in [3.05, 3.63) is 0 Å². The molecule has 0 N–H and O–H groups in total. The maximum atomic E-state index is 11.2. The third-order valence-corrected chi connectivity index (χ3v) is 3.47. The molecule has 0 aromatic heterocycles. The van der Waals surface area contributed by atoms with Gasteiger partial charge in [-0.05, 0) is 32.1 Å². The normalized spacial score (nSPS) is 10.2. The van der Waals surface area contributed by atoms with E-state index in [2.05, 4.69) is 31.9 Å². The van der Waals surface area contributed by atoms with Crippen LogP contribution in [0.3, 0.4) is 0 Å². The Kier molecular flexibility index (Phi) is 14.2. The molecule has 0 aliphatic rings. The molecule has 0 spiro atoms. The highest BCUT2D eigenvalue weighted by Gasteiger charge is 2.03. The van der Waals surface area contributed by atoms with Crippen LogP contribution in [0.25, 0.3) is 0 Å². The molecule has 0 heterocycles. The van der Waals surface area contributed by atoms with Crippen LogP contribution < -0.4 is 0 Å². The molecule has 0 aliphatic carbocycles. The van der Waals surface area contributed by atoms with Gasteiger partial charge in [0.25, 0.3) is 0 Å². The predicted octanol–water partition coefficient (Wildman–Crippen LogP) is 3.59. The highest BCUT2D eigenvalue weighted by atomic mass is 79.9. The van der Waals surface area contributed by atoms with Crippen molar-refractivity contribution in [3.63, 3.8) is 0 Å². The van der Waals surface area contributed by atoms with E-state index in [0.29, 0.717) is 26.1 Å². The summed E-state index contributed by atoms with van der Waals surface area (Å²) in [6.07, 6.45) is 5.09. The van der Waals surface area contributed by atoms with Gasteiger partial charge in [-0.3, -0.25) is 9.59 Å². The molecule has 0 amide bonds. The van der Waals surface area contributed by atoms with E-state index in [1.807, 2.05) is 0 Å². The Labute approximate surface area is 131 Å². The van der Waals surface area contributed by atoms with E-state index in [-0.39, 0.29) is 11.9 Å². The monoisotopic (exact) mass is 400 g/mol. The lowest BCUT2D eigenvalue weighted by atomic mass is 10.2. The number of ether oxygens (including phenoxy) is 2. The van der Waals surface area contributed by atoms with Crippen LogP contribution >= 0.6 is 31.9 Å². The molecule has 0 bridgehead atoms. The second kappa shape index (κ2) is 14.3. The average molecular weight is 402 g/mol. The number of hydrogen-bond acceptors (Lipinski definition) is 4. The van der Waals surface area contributed by atoms with Gasteiger partial charge in [0.15, 0.2) is 0 Å². The van der Waals surface area contributed by atoms with Crippen molar-refractivity contribution in [2.24, 2.45) is 0 Å². The maximum absolute atomic E-state index is 11.2. The second-order valence-electron chi connectivity index (χ2n) is 4.09. The van der Waals surface area contributed by atoms with Gasteiger partial charge in [0.2, 0.25) is 0 Å². The van der Waals surface area contributed by atoms with Crippen LogP contribution in [-0.4, -0.2) is 35.8 Å². The molecule has 0 radical (unpaired) electrons. The quantitative estimate of drug-likeness (QED) is 0.285. The van der Waals surface area contributed by atoms with E-state index in [0.717, 1.165) is 42.8 Å². The zero-order chi connectivity index (χ0) is 14.3. The first-order valence-corrected chi connectivity index (χ1v) is 8.88. The summed E-state index contributed by atoms with van der Waals surface area (Å²) in [5, 5.41) is 1.64. The Morgan fingerprint density at radius 2 is 1.11 bits per heavy atom. The summed E-state index contributed by atoms with van der Waals surface area (Å²) in [5.41, 5.74) is 0. The number of esters is 2. The lowest BCUT2D eigenvalue weighted by Gasteiger charge is -2.05. The summed E-state index contributed by atoms with van der Waals surface area (Å²) < 4.78 is 10.1. The second-order valence-corrected chi connectivity index (χ2v) is 5.67. The minimum atomic E-state index is -0.138. The first-order valence-electron chi connectivity index (χ1n) is 6.64. The maximum Gasteiger partial charge on any atom is 0.305 e. The first-order chi connectivity index (χ1) is 9.20. The molecule has 112 valence electrons. The molecular formula is C13H22Br2O4. The lowest BCUT2D eigenvalue weighted by Crippen LogP contribution is -2.07. The van der Waals surface area contributed by atoms with Crippen molar-refractivity contribution in [2.45, 2.75) is 44.9 Å². The van der Waals surface area contributed by atoms with Gasteiger partial charge in [-0.1, -0.05) is 31.9 Å². The number of unbranched alkanes of at least 4 members (excludes halogenated alkanes) is 2. The summed E-state index contributed by atoms with van der Waals surface area (Å²) >= 11 is 6.53. The average Bonchev–Trinajstić information content (AvgIpc) is 2.41. The van der Waals surface area contributed by atoms with Crippen LogP contribution in [0.15, 0.2) is 0 Å². The number of carbonyl (C=O) groups is 2. The van der Waals surface area contributed by atoms with Gasteiger partial charge in [-0.15, -0.1) is 0 Å². The Balaban J connectivity index is 3.22. The zero-order valence-electron chi connectivity index (χ0n) is 11.2. The van der Waals surface area contributed by atoms with Crippen molar-refractivity contribution in [2.75, 3.05) is 23.9 Å². The summed E-state index contributed by atoms with van der Waals surface area (Å²) in [4.78, 5) is 22.3. The highest BCUT2D eigenvalue weighted by Crippen LogP contribution is 2.02. The van der Waals surface area contributed by atoms with Crippen LogP contribution in [0.1, 0.15) is 44.9 Å². The minimum absolute atomic E-state index is 0.138. The third-order valence-electron chi connectivity index (χ3n) is 2.34. The summed E-state index contributed by atoms with van der Waals surface area (Å²) in [6, 6.07) is 0. The fourth-order valence-corrected chi connectivity index (χ4v) is 1.88. The van der Waals surface area contributed by atoms with E-state index < -0.39 is 0 Å². The smallest absolute Gasteiger partial charge is 0.305 e. The van der Waals surface area contributed by atoms with Crippen LogP contribution in [0.4, 0.5) is 0 Å². The molecule has 0 rings (SSSR count). The van der Waals surface area contributed by atoms with Gasteiger partial charge in [-0.2, -0.15) is 0 Å². The van der Waals surface area contributed by atoms with Crippen LogP contribution in [0.2, 0.25) is 0 Å². The van der Waals surface area contributed by atoms with Gasteiger partial charge in [0, 0.05) is 23.5 Å². The summed E-state index contributed by atoms with van der Waals surface area (Å²) in [5.74, 6) is -0.277. The number of carbonyl (C=O) groups excluding carboxylic acids is 2. The minimum Gasteiger partial charge on any atom is -0.466 e. The van der Waals surface area contributed by atoms with Crippen molar-refractivity contribution < 1.29 is 19.1 Å². The van der Waals surface area contributed by atoms with E-state index >= 15 is 0 Å². The van der Waals surface area contributed by atoms with E-state index in [9.17, 15) is 9.59 Å². The summed E-state index contributed by atoms with van der Waals surface area (Å²) in [7, 11) is 0. The fraction of sp³-hybridized carbons (Fsp3) is 0.846. The molecular weight excluding hydrogens is 380 g/mol. The Hall–Kier alpha value is -0.100. The first kappa shape index (κ1) is 18.9. The standard InChI is InChI=1S/C13H22Br2O4/c14-8-4-6-12(16)18-10-2-1-3-11-19-13(17)7-5-9-15/h1-11H2. The summed E-state index contributed by atoms with van der Waals surface area (Å²) in [6.45, 7) is 0.914. The number of halogens is 2. The van der Waals surface area contributed by atoms with Crippen LogP contribution in [0.5, 0.6) is 0 Å². The lowest BCUT2D eigenvalue weighted by molar-refractivity contribution is -0.144. The highest BCUT2D eigenvalue weighted by molar-refractivity contribution is 9.09. The molecule has 0 atom stereocenters. The molecule has 19 heavy (non-hydrogen) atoms. The number of hydrogen-bond donors (Lipinski definition) is 0. The molecule has 0 saturated heterocycles. The molecule has 0 saturated carbocycles. The molecule has 0 aromatic carbocycles. The van der Waals surface area contributed by atoms with Crippen LogP contribution in [0, 0.1) is 0 Å². The molecule has 0 aromatic rings. The van der Waals surface area contributed by atoms with Gasteiger partial charge >= 0.3 is 11.9 Å². The largest absolute Gasteiger partial charge is 0.466 e. The number of alkyl halides is 2. The Morgan fingerprint density at radius 3 is 1.47 bits per heavy atom. The van der Waals surface area contributed by atoms with Gasteiger partial charge < -0.3 is 9.47 Å². The molecule has 0 aliphatic heterocycles. The third kappa shape index (κ3) is 14.1. The number of rotatable bonds is 12. The van der Waals surface area contributed by atoms with Gasteiger partial charge in [-0.25, -0.2) is 0 Å². The molecule has 4 nitrogen and oxygen atoms in total. The Morgan fingerprint density at radius 1 is 0.684 bits per heavy atom. The van der Waals surface area contributed by atoms with Crippen molar-refractivity contribution in [3.8, 4) is 0 Å². The Bertz CT molecular complexity index is 223. The zero-order valence-corrected chi connectivity index (χ0v) is 14.3. The van der Waals surface area contributed by atoms with Gasteiger partial charge in [0.1, 0.15) is 0 Å². The van der Waals surface area contributed by atoms with E-state index in [1.165, 1.54) is 0 Å². The van der Waals surface area contributed by atoms with E-state index in [4.69, 9.17) is 9.47 Å². The topological polar surface area (TPSA) is 52.6 Å². The van der Waals surface area contributed by atoms with Gasteiger partial charge in [0.05, 0.1) is 13.2 Å². The van der Waals surface area contributed by atoms with Crippen LogP contribution in [-0.2, 0) is 19.1 Å². The van der Waals surface area contributed by atoms with Crippen molar-refractivity contribution in [1.82, 2.24) is 0 Å². The fourth-order valence-electron chi connectivity index (χ4n) is 1.32. The van der Waals surface area contributed by atoms with Crippen molar-refractivity contribution in [1.29, 1.82) is 0 Å². The van der Waals surface area contributed by atoms with Crippen molar-refractivity contribution >= 4 is 43.8 Å².